The first-order chi connectivity index (χ1) is 17.6. The predicted octanol–water partition coefficient (Wildman–Crippen LogP) is 4.18. The fraction of sp³-hybridized carbons (Fsp3) is 0.500. The summed E-state index contributed by atoms with van der Waals surface area (Å²) in [6.45, 7) is 10.7. The summed E-state index contributed by atoms with van der Waals surface area (Å²) in [5.41, 5.74) is 3.19. The Balaban J connectivity index is 1.17. The van der Waals surface area contributed by atoms with Crippen molar-refractivity contribution in [3.8, 4) is 5.75 Å². The molecule has 2 atom stereocenters. The van der Waals surface area contributed by atoms with Crippen LogP contribution < -0.4 is 10.1 Å². The van der Waals surface area contributed by atoms with Gasteiger partial charge in [-0.2, -0.15) is 5.10 Å². The Morgan fingerprint density at radius 1 is 1.17 bits per heavy atom. The standard InChI is InChI=1S/C26H33N7O2S/c1-16-12-33(13-17(2)35-16)7-4-6-32-8-5-19-23(14-32)36-26-24(19)25(27-15-28-26)30-21-9-18-11-29-31-20(18)10-22(21)34-3/h9-11,15-17H,4-8,12-14H2,1-3H3,(H,29,31)(H,27,28,30). The normalized spacial score (nSPS) is 21.2. The van der Waals surface area contributed by atoms with Crippen LogP contribution in [-0.4, -0.2) is 82.0 Å². The highest BCUT2D eigenvalue weighted by Gasteiger charge is 2.25. The number of ether oxygens (including phenoxy) is 2. The number of morpholine rings is 1. The highest BCUT2D eigenvalue weighted by molar-refractivity contribution is 7.19. The smallest absolute Gasteiger partial charge is 0.144 e. The Hall–Kier alpha value is -2.79. The molecular weight excluding hydrogens is 474 g/mol. The average Bonchev–Trinajstić information content (AvgIpc) is 3.46. The Labute approximate surface area is 214 Å². The lowest BCUT2D eigenvalue weighted by Crippen LogP contribution is -2.46. The minimum Gasteiger partial charge on any atom is -0.494 e. The maximum absolute atomic E-state index is 5.88. The van der Waals surface area contributed by atoms with Crippen LogP contribution in [0.2, 0.25) is 0 Å². The van der Waals surface area contributed by atoms with Crippen molar-refractivity contribution < 1.29 is 9.47 Å². The van der Waals surface area contributed by atoms with E-state index in [9.17, 15) is 0 Å². The molecule has 0 spiro atoms. The van der Waals surface area contributed by atoms with Crippen LogP contribution in [0.15, 0.2) is 24.7 Å². The number of H-pyrrole nitrogens is 1. The molecule has 2 aliphatic rings. The Kier molecular flexibility index (Phi) is 6.51. The Bertz CT molecular complexity index is 1360. The fourth-order valence-corrected chi connectivity index (χ4v) is 6.85. The molecule has 190 valence electrons. The van der Waals surface area contributed by atoms with Crippen molar-refractivity contribution in [2.24, 2.45) is 0 Å². The van der Waals surface area contributed by atoms with E-state index in [1.165, 1.54) is 16.9 Å². The van der Waals surface area contributed by atoms with Crippen molar-refractivity contribution in [1.82, 2.24) is 30.0 Å². The lowest BCUT2D eigenvalue weighted by molar-refractivity contribution is -0.0684. The number of anilines is 2. The maximum Gasteiger partial charge on any atom is 0.144 e. The van der Waals surface area contributed by atoms with E-state index in [0.717, 1.165) is 84.1 Å². The van der Waals surface area contributed by atoms with E-state index in [0.29, 0.717) is 12.2 Å². The molecule has 0 aliphatic carbocycles. The molecule has 2 aliphatic heterocycles. The average molecular weight is 508 g/mol. The minimum absolute atomic E-state index is 0.329. The molecule has 4 aromatic rings. The van der Waals surface area contributed by atoms with E-state index in [4.69, 9.17) is 9.47 Å². The number of rotatable bonds is 7. The largest absolute Gasteiger partial charge is 0.494 e. The summed E-state index contributed by atoms with van der Waals surface area (Å²) in [6, 6.07) is 4.00. The molecule has 6 rings (SSSR count). The summed E-state index contributed by atoms with van der Waals surface area (Å²) < 4.78 is 11.5. The zero-order chi connectivity index (χ0) is 24.6. The van der Waals surface area contributed by atoms with Gasteiger partial charge >= 0.3 is 0 Å². The Morgan fingerprint density at radius 3 is 2.83 bits per heavy atom. The van der Waals surface area contributed by atoms with Gasteiger partial charge in [-0.15, -0.1) is 11.3 Å². The van der Waals surface area contributed by atoms with Crippen LogP contribution in [0.25, 0.3) is 21.1 Å². The lowest BCUT2D eigenvalue weighted by atomic mass is 10.0. The molecule has 5 heterocycles. The van der Waals surface area contributed by atoms with Crippen molar-refractivity contribution in [2.45, 2.75) is 45.4 Å². The molecule has 0 bridgehead atoms. The van der Waals surface area contributed by atoms with Gasteiger partial charge < -0.3 is 14.8 Å². The van der Waals surface area contributed by atoms with E-state index < -0.39 is 0 Å². The van der Waals surface area contributed by atoms with Crippen LogP contribution in [0.1, 0.15) is 30.7 Å². The molecule has 3 aromatic heterocycles. The van der Waals surface area contributed by atoms with Crippen molar-refractivity contribution in [2.75, 3.05) is 45.2 Å². The van der Waals surface area contributed by atoms with Gasteiger partial charge in [0.05, 0.1) is 42.1 Å². The molecular formula is C26H33N7O2S. The number of nitrogens with zero attached hydrogens (tertiary/aromatic N) is 5. The molecule has 2 N–H and O–H groups in total. The molecule has 1 aromatic carbocycles. The number of hydrogen-bond donors (Lipinski definition) is 2. The first-order valence-electron chi connectivity index (χ1n) is 12.7. The van der Waals surface area contributed by atoms with Crippen LogP contribution in [0.3, 0.4) is 0 Å². The molecule has 36 heavy (non-hydrogen) atoms. The zero-order valence-electron chi connectivity index (χ0n) is 21.1. The van der Waals surface area contributed by atoms with Gasteiger partial charge in [0, 0.05) is 42.5 Å². The van der Waals surface area contributed by atoms with Crippen molar-refractivity contribution in [3.05, 3.63) is 35.1 Å². The van der Waals surface area contributed by atoms with E-state index in [-0.39, 0.29) is 0 Å². The topological polar surface area (TPSA) is 91.4 Å². The quantitative estimate of drug-likeness (QED) is 0.385. The summed E-state index contributed by atoms with van der Waals surface area (Å²) in [7, 11) is 1.68. The lowest BCUT2D eigenvalue weighted by Gasteiger charge is -2.36. The molecule has 9 nitrogen and oxygen atoms in total. The second kappa shape index (κ2) is 9.93. The third-order valence-electron chi connectivity index (χ3n) is 7.17. The molecule has 0 amide bonds. The summed E-state index contributed by atoms with van der Waals surface area (Å²) >= 11 is 1.80. The second-order valence-electron chi connectivity index (χ2n) is 9.94. The van der Waals surface area contributed by atoms with E-state index in [2.05, 4.69) is 49.1 Å². The minimum atomic E-state index is 0.329. The number of benzene rings is 1. The summed E-state index contributed by atoms with van der Waals surface area (Å²) in [4.78, 5) is 16.8. The van der Waals surface area contributed by atoms with Gasteiger partial charge in [0.1, 0.15) is 22.7 Å². The summed E-state index contributed by atoms with van der Waals surface area (Å²) in [5, 5.41) is 12.8. The summed E-state index contributed by atoms with van der Waals surface area (Å²) in [5.74, 6) is 1.58. The van der Waals surface area contributed by atoms with Gasteiger partial charge in [-0.25, -0.2) is 9.97 Å². The molecule has 10 heteroatoms. The third kappa shape index (κ3) is 4.66. The first-order valence-corrected chi connectivity index (χ1v) is 13.5. The number of aromatic nitrogens is 4. The highest BCUT2D eigenvalue weighted by Crippen LogP contribution is 2.39. The van der Waals surface area contributed by atoms with Gasteiger partial charge in [0.25, 0.3) is 0 Å². The van der Waals surface area contributed by atoms with Crippen molar-refractivity contribution in [3.63, 3.8) is 0 Å². The zero-order valence-corrected chi connectivity index (χ0v) is 21.9. The van der Waals surface area contributed by atoms with Gasteiger partial charge in [-0.3, -0.25) is 14.9 Å². The van der Waals surface area contributed by atoms with Crippen molar-refractivity contribution in [1.29, 1.82) is 0 Å². The monoisotopic (exact) mass is 507 g/mol. The van der Waals surface area contributed by atoms with E-state index in [1.807, 2.05) is 18.3 Å². The molecule has 0 radical (unpaired) electrons. The van der Waals surface area contributed by atoms with Crippen LogP contribution in [0, 0.1) is 0 Å². The number of methoxy groups -OCH3 is 1. The fourth-order valence-electron chi connectivity index (χ4n) is 5.62. The van der Waals surface area contributed by atoms with Crippen LogP contribution >= 0.6 is 11.3 Å². The SMILES string of the molecule is COc1cc2[nH]ncc2cc1Nc1ncnc2sc3c(c12)CCN(CCCN1CC(C)OC(C)C1)C3. The predicted molar refractivity (Wildman–Crippen MR) is 143 cm³/mol. The van der Waals surface area contributed by atoms with Gasteiger partial charge in [-0.05, 0) is 51.4 Å². The van der Waals surface area contributed by atoms with E-state index in [1.54, 1.807) is 24.8 Å². The van der Waals surface area contributed by atoms with Gasteiger partial charge in [0.15, 0.2) is 0 Å². The van der Waals surface area contributed by atoms with Crippen LogP contribution in [0.5, 0.6) is 5.75 Å². The highest BCUT2D eigenvalue weighted by atomic mass is 32.1. The second-order valence-corrected chi connectivity index (χ2v) is 11.0. The number of thiophene rings is 1. The number of fused-ring (bicyclic) bond motifs is 4. The third-order valence-corrected chi connectivity index (χ3v) is 8.30. The van der Waals surface area contributed by atoms with Gasteiger partial charge in [-0.1, -0.05) is 0 Å². The Morgan fingerprint density at radius 2 is 2.00 bits per heavy atom. The van der Waals surface area contributed by atoms with Crippen LogP contribution in [-0.2, 0) is 17.7 Å². The number of aromatic amines is 1. The molecule has 2 unspecified atom stereocenters. The van der Waals surface area contributed by atoms with Crippen molar-refractivity contribution >= 4 is 44.0 Å². The molecule has 1 saturated heterocycles. The first kappa shape index (κ1) is 23.6. The molecule has 0 saturated carbocycles. The maximum atomic E-state index is 5.88. The van der Waals surface area contributed by atoms with Gasteiger partial charge in [0.2, 0.25) is 0 Å². The summed E-state index contributed by atoms with van der Waals surface area (Å²) in [6.07, 6.45) is 6.32. The van der Waals surface area contributed by atoms with E-state index >= 15 is 0 Å². The number of hydrogen-bond acceptors (Lipinski definition) is 9. The molecule has 1 fully saturated rings. The van der Waals surface area contributed by atoms with Crippen LogP contribution in [0.4, 0.5) is 11.5 Å². The number of nitrogens with one attached hydrogen (secondary N) is 2.